The summed E-state index contributed by atoms with van der Waals surface area (Å²) in [6.45, 7) is 1.79. The molecule has 0 atom stereocenters. The molecular weight excluding hydrogens is 293 g/mol. The quantitative estimate of drug-likeness (QED) is 0.512. The van der Waals surface area contributed by atoms with E-state index >= 15 is 0 Å². The molecule has 0 bridgehead atoms. The van der Waals surface area contributed by atoms with E-state index in [0.717, 1.165) is 5.56 Å². The van der Waals surface area contributed by atoms with Crippen molar-refractivity contribution in [1.29, 1.82) is 0 Å². The number of hydrogen-bond acceptors (Lipinski definition) is 3. The number of rotatable bonds is 3. The molecule has 0 heterocycles. The van der Waals surface area contributed by atoms with E-state index in [2.05, 4.69) is 10.6 Å². The van der Waals surface area contributed by atoms with Crippen LogP contribution in [-0.4, -0.2) is 10.0 Å². The maximum absolute atomic E-state index is 13.5. The number of nitrogens with one attached hydrogen (secondary N) is 2. The molecule has 0 aromatic heterocycles. The number of nitrogens with zero attached hydrogens (tertiary/aromatic N) is 1. The van der Waals surface area contributed by atoms with Crippen molar-refractivity contribution in [1.82, 2.24) is 0 Å². The Morgan fingerprint density at radius 2 is 1.86 bits per heavy atom. The highest BCUT2D eigenvalue weighted by atomic mass is 32.1. The molecule has 0 unspecified atom stereocenters. The van der Waals surface area contributed by atoms with Gasteiger partial charge in [0.2, 0.25) is 0 Å². The minimum absolute atomic E-state index is 0.0446. The van der Waals surface area contributed by atoms with Crippen molar-refractivity contribution in [3.05, 3.63) is 64.0 Å². The third kappa shape index (κ3) is 3.73. The van der Waals surface area contributed by atoms with Gasteiger partial charge in [-0.1, -0.05) is 18.2 Å². The Hall–Kier alpha value is -2.54. The summed E-state index contributed by atoms with van der Waals surface area (Å²) in [6.07, 6.45) is 0. The Kier molecular flexibility index (Phi) is 4.44. The van der Waals surface area contributed by atoms with E-state index in [4.69, 9.17) is 12.2 Å². The number of para-hydroxylation sites is 1. The maximum atomic E-state index is 13.5. The maximum Gasteiger partial charge on any atom is 0.271 e. The molecule has 0 amide bonds. The average Bonchev–Trinajstić information content (AvgIpc) is 2.43. The first-order valence-corrected chi connectivity index (χ1v) is 6.46. The minimum Gasteiger partial charge on any atom is -0.332 e. The van der Waals surface area contributed by atoms with Gasteiger partial charge in [0, 0.05) is 17.8 Å². The predicted molar refractivity (Wildman–Crippen MR) is 84.1 cm³/mol. The number of nitro groups is 1. The molecule has 5 nitrogen and oxygen atoms in total. The van der Waals surface area contributed by atoms with Gasteiger partial charge in [-0.15, -0.1) is 0 Å². The van der Waals surface area contributed by atoms with Crippen molar-refractivity contribution >= 4 is 34.4 Å². The molecule has 0 spiro atoms. The van der Waals surface area contributed by atoms with Gasteiger partial charge in [0.25, 0.3) is 5.69 Å². The number of hydrogen-bond donors (Lipinski definition) is 2. The van der Waals surface area contributed by atoms with Gasteiger partial charge < -0.3 is 10.6 Å². The van der Waals surface area contributed by atoms with Gasteiger partial charge in [-0.25, -0.2) is 4.39 Å². The normalized spacial score (nSPS) is 10.0. The second-order valence-electron chi connectivity index (χ2n) is 4.32. The van der Waals surface area contributed by atoms with E-state index in [1.165, 1.54) is 18.2 Å². The standard InChI is InChI=1S/C14H12FN3O2S/c1-9-6-7-10(18(19)20)8-13(9)17-14(21)16-12-5-3-2-4-11(12)15/h2-8H,1H3,(H2,16,17,21). The predicted octanol–water partition coefficient (Wildman–Crippen LogP) is 3.85. The molecule has 21 heavy (non-hydrogen) atoms. The summed E-state index contributed by atoms with van der Waals surface area (Å²) in [6, 6.07) is 10.5. The van der Waals surface area contributed by atoms with Gasteiger partial charge in [-0.3, -0.25) is 10.1 Å². The Balaban J connectivity index is 2.15. The smallest absolute Gasteiger partial charge is 0.271 e. The van der Waals surface area contributed by atoms with Crippen molar-refractivity contribution in [2.45, 2.75) is 6.92 Å². The highest BCUT2D eigenvalue weighted by Gasteiger charge is 2.10. The number of non-ortho nitro benzene ring substituents is 1. The Bertz CT molecular complexity index is 706. The largest absolute Gasteiger partial charge is 0.332 e. The van der Waals surface area contributed by atoms with Crippen LogP contribution in [0.15, 0.2) is 42.5 Å². The van der Waals surface area contributed by atoms with Crippen LogP contribution >= 0.6 is 12.2 Å². The zero-order valence-corrected chi connectivity index (χ0v) is 11.9. The van der Waals surface area contributed by atoms with Crippen molar-refractivity contribution in [2.75, 3.05) is 10.6 Å². The van der Waals surface area contributed by atoms with Gasteiger partial charge >= 0.3 is 0 Å². The van der Waals surface area contributed by atoms with Crippen LogP contribution in [0.1, 0.15) is 5.56 Å². The van der Waals surface area contributed by atoms with E-state index in [-0.39, 0.29) is 16.5 Å². The second-order valence-corrected chi connectivity index (χ2v) is 4.72. The van der Waals surface area contributed by atoms with E-state index in [1.807, 2.05) is 0 Å². The van der Waals surface area contributed by atoms with E-state index in [9.17, 15) is 14.5 Å². The van der Waals surface area contributed by atoms with Gasteiger partial charge in [0.15, 0.2) is 5.11 Å². The van der Waals surface area contributed by atoms with Gasteiger partial charge in [0.05, 0.1) is 10.6 Å². The fourth-order valence-corrected chi connectivity index (χ4v) is 1.92. The van der Waals surface area contributed by atoms with Crippen LogP contribution < -0.4 is 10.6 Å². The molecular formula is C14H12FN3O2S. The van der Waals surface area contributed by atoms with Gasteiger partial charge in [0.1, 0.15) is 5.82 Å². The number of nitro benzene ring substituents is 1. The SMILES string of the molecule is Cc1ccc([N+](=O)[O-])cc1NC(=S)Nc1ccccc1F. The molecule has 108 valence electrons. The lowest BCUT2D eigenvalue weighted by Crippen LogP contribution is -2.20. The number of benzene rings is 2. The second kappa shape index (κ2) is 6.27. The fourth-order valence-electron chi connectivity index (χ4n) is 1.70. The molecule has 0 saturated carbocycles. The lowest BCUT2D eigenvalue weighted by atomic mass is 10.2. The number of halogens is 1. The number of thiocarbonyl (C=S) groups is 1. The molecule has 0 aliphatic rings. The zero-order chi connectivity index (χ0) is 15.4. The van der Waals surface area contributed by atoms with Crippen LogP contribution in [0.25, 0.3) is 0 Å². The molecule has 0 aliphatic carbocycles. The summed E-state index contributed by atoms with van der Waals surface area (Å²) < 4.78 is 13.5. The van der Waals surface area contributed by atoms with Crippen LogP contribution in [0.5, 0.6) is 0 Å². The fraction of sp³-hybridized carbons (Fsp3) is 0.0714. The Labute approximate surface area is 125 Å². The van der Waals surface area contributed by atoms with Gasteiger partial charge in [-0.05, 0) is 36.8 Å². The van der Waals surface area contributed by atoms with Crippen LogP contribution in [0.3, 0.4) is 0 Å². The highest BCUT2D eigenvalue weighted by molar-refractivity contribution is 7.80. The molecule has 2 aromatic rings. The average molecular weight is 305 g/mol. The Morgan fingerprint density at radius 3 is 2.52 bits per heavy atom. The molecule has 2 N–H and O–H groups in total. The molecule has 7 heteroatoms. The molecule has 2 aromatic carbocycles. The molecule has 0 fully saturated rings. The van der Waals surface area contributed by atoms with E-state index in [1.54, 1.807) is 31.2 Å². The van der Waals surface area contributed by atoms with Crippen molar-refractivity contribution in [3.8, 4) is 0 Å². The summed E-state index contributed by atoms with van der Waals surface area (Å²) in [5.74, 6) is -0.433. The third-order valence-corrected chi connectivity index (χ3v) is 3.01. The molecule has 2 rings (SSSR count). The monoisotopic (exact) mass is 305 g/mol. The van der Waals surface area contributed by atoms with Crippen molar-refractivity contribution in [2.24, 2.45) is 0 Å². The summed E-state index contributed by atoms with van der Waals surface area (Å²) in [7, 11) is 0. The van der Waals surface area contributed by atoms with Crippen LogP contribution in [0.2, 0.25) is 0 Å². The highest BCUT2D eigenvalue weighted by Crippen LogP contribution is 2.22. The summed E-state index contributed by atoms with van der Waals surface area (Å²) >= 11 is 5.09. The lowest BCUT2D eigenvalue weighted by Gasteiger charge is -2.12. The molecule has 0 aliphatic heterocycles. The van der Waals surface area contributed by atoms with Crippen LogP contribution in [-0.2, 0) is 0 Å². The Morgan fingerprint density at radius 1 is 1.19 bits per heavy atom. The number of anilines is 2. The topological polar surface area (TPSA) is 67.2 Å². The summed E-state index contributed by atoms with van der Waals surface area (Å²) in [5, 5.41) is 16.5. The minimum atomic E-state index is -0.488. The summed E-state index contributed by atoms with van der Waals surface area (Å²) in [4.78, 5) is 10.3. The van der Waals surface area contributed by atoms with Gasteiger partial charge in [-0.2, -0.15) is 0 Å². The zero-order valence-electron chi connectivity index (χ0n) is 11.1. The molecule has 0 radical (unpaired) electrons. The van der Waals surface area contributed by atoms with E-state index in [0.29, 0.717) is 5.69 Å². The van der Waals surface area contributed by atoms with Crippen molar-refractivity contribution in [3.63, 3.8) is 0 Å². The van der Waals surface area contributed by atoms with Crippen LogP contribution in [0.4, 0.5) is 21.5 Å². The first-order valence-electron chi connectivity index (χ1n) is 6.05. The van der Waals surface area contributed by atoms with E-state index < -0.39 is 10.7 Å². The first-order chi connectivity index (χ1) is 9.97. The first kappa shape index (κ1) is 14.9. The summed E-state index contributed by atoms with van der Waals surface area (Å²) in [5.41, 5.74) is 1.48. The molecule has 0 saturated heterocycles. The third-order valence-electron chi connectivity index (χ3n) is 2.80. The lowest BCUT2D eigenvalue weighted by molar-refractivity contribution is -0.384. The number of aryl methyl sites for hydroxylation is 1. The van der Waals surface area contributed by atoms with Crippen LogP contribution in [0, 0.1) is 22.9 Å². The van der Waals surface area contributed by atoms with Crippen molar-refractivity contribution < 1.29 is 9.31 Å².